The molecule has 0 saturated carbocycles. The summed E-state index contributed by atoms with van der Waals surface area (Å²) < 4.78 is 0. The average Bonchev–Trinajstić information content (AvgIpc) is 2.67. The predicted octanol–water partition coefficient (Wildman–Crippen LogP) is 1.11. The van der Waals surface area contributed by atoms with Gasteiger partial charge in [-0.1, -0.05) is 0 Å². The van der Waals surface area contributed by atoms with Crippen LogP contribution in [0.3, 0.4) is 0 Å². The van der Waals surface area contributed by atoms with Gasteiger partial charge in [-0.2, -0.15) is 0 Å². The minimum atomic E-state index is 0.216. The lowest BCUT2D eigenvalue weighted by Gasteiger charge is -2.16. The van der Waals surface area contributed by atoms with Gasteiger partial charge in [0, 0.05) is 37.1 Å². The Labute approximate surface area is 77.4 Å². The molecule has 0 radical (unpaired) electrons. The third kappa shape index (κ3) is 1.69. The van der Waals surface area contributed by atoms with E-state index in [1.165, 1.54) is 5.69 Å². The van der Waals surface area contributed by atoms with Crippen LogP contribution in [0.1, 0.15) is 6.42 Å². The SMILES string of the molecule is O=CC1CCN(c2ccncc2)C1. The Hall–Kier alpha value is -1.38. The highest BCUT2D eigenvalue weighted by Gasteiger charge is 2.21. The summed E-state index contributed by atoms with van der Waals surface area (Å²) in [5.41, 5.74) is 1.17. The van der Waals surface area contributed by atoms with Crippen LogP contribution in [0.25, 0.3) is 0 Å². The molecule has 0 spiro atoms. The first-order valence-electron chi connectivity index (χ1n) is 4.50. The normalized spacial score (nSPS) is 21.8. The van der Waals surface area contributed by atoms with Gasteiger partial charge in [-0.15, -0.1) is 0 Å². The highest BCUT2D eigenvalue weighted by atomic mass is 16.1. The molecule has 1 fully saturated rings. The summed E-state index contributed by atoms with van der Waals surface area (Å²) >= 11 is 0. The summed E-state index contributed by atoms with van der Waals surface area (Å²) in [6.45, 7) is 1.83. The summed E-state index contributed by atoms with van der Waals surface area (Å²) in [4.78, 5) is 16.7. The van der Waals surface area contributed by atoms with E-state index in [2.05, 4.69) is 9.88 Å². The standard InChI is InChI=1S/C10H12N2O/c13-8-9-3-6-12(7-9)10-1-4-11-5-2-10/h1-2,4-5,8-9H,3,6-7H2. The largest absolute Gasteiger partial charge is 0.371 e. The molecule has 1 aliphatic rings. The number of pyridine rings is 1. The molecule has 68 valence electrons. The Bertz CT molecular complexity index is 286. The number of carbonyl (C=O) groups is 1. The fraction of sp³-hybridized carbons (Fsp3) is 0.400. The Balaban J connectivity index is 2.08. The monoisotopic (exact) mass is 176 g/mol. The second kappa shape index (κ2) is 3.56. The van der Waals surface area contributed by atoms with Crippen molar-refractivity contribution in [2.45, 2.75) is 6.42 Å². The van der Waals surface area contributed by atoms with E-state index in [0.717, 1.165) is 25.8 Å². The van der Waals surface area contributed by atoms with E-state index in [1.54, 1.807) is 12.4 Å². The third-order valence-corrected chi connectivity index (χ3v) is 2.45. The van der Waals surface area contributed by atoms with E-state index in [-0.39, 0.29) is 5.92 Å². The number of hydrogen-bond acceptors (Lipinski definition) is 3. The molecule has 13 heavy (non-hydrogen) atoms. The summed E-state index contributed by atoms with van der Waals surface area (Å²) in [5, 5.41) is 0. The molecule has 0 N–H and O–H groups in total. The number of carbonyl (C=O) groups excluding carboxylic acids is 1. The maximum absolute atomic E-state index is 10.5. The molecule has 1 aromatic rings. The molecular weight excluding hydrogens is 164 g/mol. The highest BCUT2D eigenvalue weighted by molar-refractivity contribution is 5.58. The Kier molecular flexibility index (Phi) is 2.25. The molecule has 3 heteroatoms. The second-order valence-corrected chi connectivity index (χ2v) is 3.34. The van der Waals surface area contributed by atoms with Gasteiger partial charge in [0.15, 0.2) is 0 Å². The van der Waals surface area contributed by atoms with Crippen molar-refractivity contribution in [2.24, 2.45) is 5.92 Å². The molecule has 1 saturated heterocycles. The van der Waals surface area contributed by atoms with Crippen molar-refractivity contribution in [1.82, 2.24) is 4.98 Å². The van der Waals surface area contributed by atoms with E-state index in [1.807, 2.05) is 12.1 Å². The molecule has 2 rings (SSSR count). The van der Waals surface area contributed by atoms with Gasteiger partial charge in [-0.25, -0.2) is 0 Å². The Morgan fingerprint density at radius 2 is 2.23 bits per heavy atom. The summed E-state index contributed by atoms with van der Waals surface area (Å²) in [7, 11) is 0. The molecule has 0 bridgehead atoms. The van der Waals surface area contributed by atoms with Crippen LogP contribution in [0, 0.1) is 5.92 Å². The van der Waals surface area contributed by atoms with Gasteiger partial charge in [0.2, 0.25) is 0 Å². The van der Waals surface area contributed by atoms with Gasteiger partial charge < -0.3 is 9.69 Å². The first-order chi connectivity index (χ1) is 6.40. The lowest BCUT2D eigenvalue weighted by atomic mass is 10.1. The number of anilines is 1. The van der Waals surface area contributed by atoms with Crippen LogP contribution in [-0.4, -0.2) is 24.4 Å². The molecule has 0 aromatic carbocycles. The first kappa shape index (κ1) is 8.23. The van der Waals surface area contributed by atoms with E-state index >= 15 is 0 Å². The molecule has 1 unspecified atom stereocenters. The zero-order valence-corrected chi connectivity index (χ0v) is 7.39. The van der Waals surface area contributed by atoms with Crippen LogP contribution in [0.2, 0.25) is 0 Å². The lowest BCUT2D eigenvalue weighted by Crippen LogP contribution is -2.19. The highest BCUT2D eigenvalue weighted by Crippen LogP contribution is 2.21. The van der Waals surface area contributed by atoms with Gasteiger partial charge in [0.1, 0.15) is 6.29 Å². The number of aldehydes is 1. The summed E-state index contributed by atoms with van der Waals surface area (Å²) in [6.07, 6.45) is 5.60. The van der Waals surface area contributed by atoms with E-state index in [0.29, 0.717) is 0 Å². The van der Waals surface area contributed by atoms with E-state index in [9.17, 15) is 4.79 Å². The van der Waals surface area contributed by atoms with Crippen molar-refractivity contribution in [1.29, 1.82) is 0 Å². The van der Waals surface area contributed by atoms with E-state index < -0.39 is 0 Å². The lowest BCUT2D eigenvalue weighted by molar-refractivity contribution is -0.110. The first-order valence-corrected chi connectivity index (χ1v) is 4.50. The van der Waals surface area contributed by atoms with Crippen LogP contribution in [0.5, 0.6) is 0 Å². The van der Waals surface area contributed by atoms with Gasteiger partial charge >= 0.3 is 0 Å². The minimum absolute atomic E-state index is 0.216. The van der Waals surface area contributed by atoms with Gasteiger partial charge in [0.05, 0.1) is 0 Å². The quantitative estimate of drug-likeness (QED) is 0.633. The summed E-state index contributed by atoms with van der Waals surface area (Å²) in [5.74, 6) is 0.216. The van der Waals surface area contributed by atoms with Crippen LogP contribution in [-0.2, 0) is 4.79 Å². The fourth-order valence-corrected chi connectivity index (χ4v) is 1.69. The van der Waals surface area contributed by atoms with E-state index in [4.69, 9.17) is 0 Å². The topological polar surface area (TPSA) is 33.2 Å². The van der Waals surface area contributed by atoms with Gasteiger partial charge in [0.25, 0.3) is 0 Å². The molecule has 1 atom stereocenters. The maximum Gasteiger partial charge on any atom is 0.124 e. The van der Waals surface area contributed by atoms with Crippen molar-refractivity contribution in [2.75, 3.05) is 18.0 Å². The van der Waals surface area contributed by atoms with Crippen molar-refractivity contribution in [3.05, 3.63) is 24.5 Å². The molecule has 2 heterocycles. The second-order valence-electron chi connectivity index (χ2n) is 3.34. The Morgan fingerprint density at radius 3 is 2.85 bits per heavy atom. The van der Waals surface area contributed by atoms with Crippen molar-refractivity contribution in [3.63, 3.8) is 0 Å². The molecular formula is C10H12N2O. The third-order valence-electron chi connectivity index (χ3n) is 2.45. The Morgan fingerprint density at radius 1 is 1.46 bits per heavy atom. The minimum Gasteiger partial charge on any atom is -0.371 e. The zero-order valence-electron chi connectivity index (χ0n) is 7.39. The smallest absolute Gasteiger partial charge is 0.124 e. The predicted molar refractivity (Wildman–Crippen MR) is 50.6 cm³/mol. The number of nitrogens with zero attached hydrogens (tertiary/aromatic N) is 2. The molecule has 0 aliphatic carbocycles. The molecule has 1 aliphatic heterocycles. The van der Waals surface area contributed by atoms with Gasteiger partial charge in [-0.05, 0) is 18.6 Å². The van der Waals surface area contributed by atoms with Crippen molar-refractivity contribution < 1.29 is 4.79 Å². The fourth-order valence-electron chi connectivity index (χ4n) is 1.69. The average molecular weight is 176 g/mol. The zero-order chi connectivity index (χ0) is 9.10. The van der Waals surface area contributed by atoms with Crippen LogP contribution in [0.15, 0.2) is 24.5 Å². The molecule has 0 amide bonds. The van der Waals surface area contributed by atoms with Gasteiger partial charge in [-0.3, -0.25) is 4.98 Å². The number of hydrogen-bond donors (Lipinski definition) is 0. The maximum atomic E-state index is 10.5. The number of rotatable bonds is 2. The summed E-state index contributed by atoms with van der Waals surface area (Å²) in [6, 6.07) is 3.96. The van der Waals surface area contributed by atoms with Crippen molar-refractivity contribution >= 4 is 12.0 Å². The van der Waals surface area contributed by atoms with Crippen molar-refractivity contribution in [3.8, 4) is 0 Å². The molecule has 1 aromatic heterocycles. The molecule has 3 nitrogen and oxygen atoms in total. The van der Waals surface area contributed by atoms with Crippen LogP contribution in [0.4, 0.5) is 5.69 Å². The van der Waals surface area contributed by atoms with Crippen LogP contribution >= 0.6 is 0 Å². The van der Waals surface area contributed by atoms with Crippen LogP contribution < -0.4 is 4.90 Å². The number of aromatic nitrogens is 1.